The van der Waals surface area contributed by atoms with Gasteiger partial charge in [0.15, 0.2) is 48.2 Å². The van der Waals surface area contributed by atoms with Crippen molar-refractivity contribution in [2.24, 2.45) is 0 Å². The van der Waals surface area contributed by atoms with Gasteiger partial charge in [0.1, 0.15) is 30.5 Å². The van der Waals surface area contributed by atoms with Crippen LogP contribution in [0.15, 0.2) is 12.9 Å². The zero-order valence-corrected chi connectivity index (χ0v) is 31.9. The standard InChI is InChI=1S/C30H57N5O4Si3/c1-17-21-34-22-25(31)32-19-33-26(22)35(21)27-24(39-42(15,16)30(8,9)10)23(38-41(13,14)29(5,6)7)20(37-27)18-36-40(11,12)28(2,3)4/h17,19-20,23-24,27H,1,18H2,2-16H3,(H2,31,32,33)/t20-,23-,24-,27-/m1/s1. The Bertz CT molecular complexity index is 1270. The molecule has 1 aliphatic heterocycles. The molecule has 0 unspecified atom stereocenters. The van der Waals surface area contributed by atoms with Crippen molar-refractivity contribution in [3.8, 4) is 0 Å². The van der Waals surface area contributed by atoms with Gasteiger partial charge in [-0.2, -0.15) is 0 Å². The summed E-state index contributed by atoms with van der Waals surface area (Å²) in [7, 11) is -6.65. The van der Waals surface area contributed by atoms with Gasteiger partial charge in [-0.05, 0) is 60.5 Å². The first-order chi connectivity index (χ1) is 18.8. The SMILES string of the molecule is C=Cc1nc2c(N)ncnc2n1[C@@H]1O[C@H](CO[Si](C)(C)C(C)(C)C)[C@@H](O[Si](C)(C)C(C)(C)C)[C@H]1O[Si](C)(C)C(C)(C)C. The highest BCUT2D eigenvalue weighted by atomic mass is 28.4. The molecule has 2 N–H and O–H groups in total. The van der Waals surface area contributed by atoms with Crippen molar-refractivity contribution >= 4 is 48.0 Å². The summed E-state index contributed by atoms with van der Waals surface area (Å²) >= 11 is 0. The van der Waals surface area contributed by atoms with Crippen LogP contribution in [-0.4, -0.2) is 69.4 Å². The van der Waals surface area contributed by atoms with Gasteiger partial charge in [0.2, 0.25) is 0 Å². The molecular formula is C30H57N5O4Si3. The van der Waals surface area contributed by atoms with Crippen molar-refractivity contribution in [3.63, 3.8) is 0 Å². The molecule has 0 radical (unpaired) electrons. The number of hydrogen-bond acceptors (Lipinski definition) is 8. The number of imidazole rings is 1. The van der Waals surface area contributed by atoms with Crippen molar-refractivity contribution in [1.82, 2.24) is 19.5 Å². The topological polar surface area (TPSA) is 107 Å². The van der Waals surface area contributed by atoms with E-state index in [1.165, 1.54) is 6.33 Å². The molecule has 1 aliphatic rings. The molecule has 0 bridgehead atoms. The van der Waals surface area contributed by atoms with Crippen LogP contribution >= 0.6 is 0 Å². The number of hydrogen-bond donors (Lipinski definition) is 1. The van der Waals surface area contributed by atoms with E-state index < -0.39 is 37.3 Å². The Balaban J connectivity index is 2.23. The summed E-state index contributed by atoms with van der Waals surface area (Å²) in [5.41, 5.74) is 7.35. The molecule has 3 rings (SSSR count). The van der Waals surface area contributed by atoms with Crippen molar-refractivity contribution in [2.45, 2.75) is 141 Å². The van der Waals surface area contributed by atoms with Crippen LogP contribution in [0.4, 0.5) is 5.82 Å². The highest BCUT2D eigenvalue weighted by Gasteiger charge is 2.55. The van der Waals surface area contributed by atoms with Crippen LogP contribution in [0.3, 0.4) is 0 Å². The van der Waals surface area contributed by atoms with Crippen LogP contribution in [0.5, 0.6) is 0 Å². The summed E-state index contributed by atoms with van der Waals surface area (Å²) in [5.74, 6) is 0.914. The van der Waals surface area contributed by atoms with E-state index in [1.807, 2.05) is 4.57 Å². The number of nitrogens with zero attached hydrogens (tertiary/aromatic N) is 4. The van der Waals surface area contributed by atoms with Gasteiger partial charge in [0, 0.05) is 0 Å². The molecular weight excluding hydrogens is 579 g/mol. The number of nitrogen functional groups attached to an aromatic ring is 1. The Morgan fingerprint density at radius 2 is 1.36 bits per heavy atom. The average molecular weight is 636 g/mol. The molecule has 12 heteroatoms. The Morgan fingerprint density at radius 1 is 0.857 bits per heavy atom. The lowest BCUT2D eigenvalue weighted by Crippen LogP contribution is -2.54. The molecule has 0 saturated carbocycles. The minimum absolute atomic E-state index is 0.00684. The lowest BCUT2D eigenvalue weighted by atomic mass is 10.1. The van der Waals surface area contributed by atoms with E-state index in [9.17, 15) is 0 Å². The first-order valence-corrected chi connectivity index (χ1v) is 23.8. The summed E-state index contributed by atoms with van der Waals surface area (Å²) in [5, 5.41) is 0.0234. The zero-order valence-electron chi connectivity index (χ0n) is 28.9. The Morgan fingerprint density at radius 3 is 1.83 bits per heavy atom. The van der Waals surface area contributed by atoms with E-state index in [0.29, 0.717) is 29.4 Å². The van der Waals surface area contributed by atoms with E-state index in [0.717, 1.165) is 0 Å². The van der Waals surface area contributed by atoms with Gasteiger partial charge < -0.3 is 23.7 Å². The number of aromatic nitrogens is 4. The second-order valence-electron chi connectivity index (χ2n) is 16.3. The monoisotopic (exact) mass is 635 g/mol. The third-order valence-electron chi connectivity index (χ3n) is 10.1. The largest absolute Gasteiger partial charge is 0.414 e. The maximum atomic E-state index is 7.29. The predicted molar refractivity (Wildman–Crippen MR) is 181 cm³/mol. The summed E-state index contributed by atoms with van der Waals surface area (Å²) in [6.07, 6.45) is 1.45. The number of rotatable bonds is 9. The minimum atomic E-state index is -2.31. The zero-order chi connectivity index (χ0) is 32.3. The average Bonchev–Trinajstić information content (AvgIpc) is 3.34. The molecule has 42 heavy (non-hydrogen) atoms. The van der Waals surface area contributed by atoms with Gasteiger partial charge in [-0.1, -0.05) is 68.9 Å². The fraction of sp³-hybridized carbons (Fsp3) is 0.767. The summed E-state index contributed by atoms with van der Waals surface area (Å²) in [6.45, 7) is 38.4. The predicted octanol–water partition coefficient (Wildman–Crippen LogP) is 7.75. The third-order valence-corrected chi connectivity index (χ3v) is 23.6. The normalized spacial score (nSPS) is 23.1. The highest BCUT2D eigenvalue weighted by molar-refractivity contribution is 6.75. The molecule has 0 spiro atoms. The first-order valence-electron chi connectivity index (χ1n) is 15.1. The molecule has 1 saturated heterocycles. The van der Waals surface area contributed by atoms with E-state index >= 15 is 0 Å². The quantitative estimate of drug-likeness (QED) is 0.279. The molecule has 3 heterocycles. The molecule has 4 atom stereocenters. The third kappa shape index (κ3) is 6.79. The number of nitrogens with two attached hydrogens (primary N) is 1. The van der Waals surface area contributed by atoms with E-state index in [-0.39, 0.29) is 27.3 Å². The lowest BCUT2D eigenvalue weighted by Gasteiger charge is -2.44. The van der Waals surface area contributed by atoms with Crippen LogP contribution in [0.1, 0.15) is 74.4 Å². The van der Waals surface area contributed by atoms with E-state index in [2.05, 4.69) is 118 Å². The number of ether oxygens (including phenoxy) is 1. The molecule has 0 amide bonds. The fourth-order valence-corrected chi connectivity index (χ4v) is 7.82. The molecule has 2 aromatic heterocycles. The fourth-order valence-electron chi connectivity index (χ4n) is 4.20. The van der Waals surface area contributed by atoms with Gasteiger partial charge in [0.25, 0.3) is 0 Å². The Labute approximate surface area is 257 Å². The summed E-state index contributed by atoms with van der Waals surface area (Å²) in [6, 6.07) is 0. The van der Waals surface area contributed by atoms with Crippen LogP contribution in [0.2, 0.25) is 54.4 Å². The van der Waals surface area contributed by atoms with Gasteiger partial charge >= 0.3 is 0 Å². The smallest absolute Gasteiger partial charge is 0.192 e. The molecule has 9 nitrogen and oxygen atoms in total. The maximum Gasteiger partial charge on any atom is 0.192 e. The van der Waals surface area contributed by atoms with Gasteiger partial charge in [-0.3, -0.25) is 4.57 Å². The highest BCUT2D eigenvalue weighted by Crippen LogP contribution is 2.47. The van der Waals surface area contributed by atoms with Crippen molar-refractivity contribution in [3.05, 3.63) is 18.7 Å². The maximum absolute atomic E-state index is 7.29. The lowest BCUT2D eigenvalue weighted by molar-refractivity contribution is -0.0473. The Hall–Kier alpha value is -1.42. The van der Waals surface area contributed by atoms with Crippen LogP contribution < -0.4 is 5.73 Å². The second kappa shape index (κ2) is 11.5. The molecule has 2 aromatic rings. The number of anilines is 1. The first kappa shape index (κ1) is 35.1. The Kier molecular flexibility index (Phi) is 9.60. The minimum Gasteiger partial charge on any atom is -0.414 e. The molecule has 0 aromatic carbocycles. The van der Waals surface area contributed by atoms with Crippen molar-refractivity contribution < 1.29 is 18.0 Å². The van der Waals surface area contributed by atoms with Gasteiger partial charge in [-0.25, -0.2) is 15.0 Å². The van der Waals surface area contributed by atoms with Crippen LogP contribution in [-0.2, 0) is 18.0 Å². The van der Waals surface area contributed by atoms with Crippen LogP contribution in [0, 0.1) is 0 Å². The molecule has 1 fully saturated rings. The summed E-state index contributed by atoms with van der Waals surface area (Å²) in [4.78, 5) is 13.5. The molecule has 0 aliphatic carbocycles. The van der Waals surface area contributed by atoms with Gasteiger partial charge in [0.05, 0.1) is 6.61 Å². The van der Waals surface area contributed by atoms with E-state index in [1.54, 1.807) is 6.08 Å². The number of fused-ring (bicyclic) bond motifs is 1. The van der Waals surface area contributed by atoms with E-state index in [4.69, 9.17) is 28.7 Å². The second-order valence-corrected chi connectivity index (χ2v) is 30.6. The van der Waals surface area contributed by atoms with Crippen molar-refractivity contribution in [2.75, 3.05) is 12.3 Å². The van der Waals surface area contributed by atoms with Crippen LogP contribution in [0.25, 0.3) is 17.2 Å². The molecule has 238 valence electrons. The van der Waals surface area contributed by atoms with Gasteiger partial charge in [-0.15, -0.1) is 0 Å². The van der Waals surface area contributed by atoms with Crippen molar-refractivity contribution in [1.29, 1.82) is 0 Å². The summed E-state index contributed by atoms with van der Waals surface area (Å²) < 4.78 is 30.3.